The molecule has 0 aliphatic rings. The highest BCUT2D eigenvalue weighted by molar-refractivity contribution is 7.80. The van der Waals surface area contributed by atoms with Crippen molar-refractivity contribution in [1.29, 1.82) is 0 Å². The van der Waals surface area contributed by atoms with Gasteiger partial charge in [-0.1, -0.05) is 12.2 Å². The molecule has 0 atom stereocenters. The molecule has 20 heavy (non-hydrogen) atoms. The van der Waals surface area contributed by atoms with Crippen LogP contribution in [0.4, 0.5) is 0 Å². The van der Waals surface area contributed by atoms with Gasteiger partial charge in [0.1, 0.15) is 16.5 Å². The summed E-state index contributed by atoms with van der Waals surface area (Å²) < 4.78 is 1.92. The number of hydrogen-bond acceptors (Lipinski definition) is 4. The van der Waals surface area contributed by atoms with E-state index in [4.69, 9.17) is 18.0 Å². The minimum absolute atomic E-state index is 0.228. The normalized spacial score (nSPS) is 10.2. The van der Waals surface area contributed by atoms with Gasteiger partial charge in [-0.05, 0) is 12.1 Å². The van der Waals surface area contributed by atoms with Crippen LogP contribution in [0.3, 0.4) is 0 Å². The summed E-state index contributed by atoms with van der Waals surface area (Å²) in [5.41, 5.74) is 6.45. The van der Waals surface area contributed by atoms with Crippen LogP contribution in [0.2, 0.25) is 0 Å². The SMILES string of the molecule is Cn1ccnc1CCNC(=O)c1ccc(C(N)=S)cn1. The van der Waals surface area contributed by atoms with E-state index in [0.29, 0.717) is 24.2 Å². The summed E-state index contributed by atoms with van der Waals surface area (Å²) in [5, 5.41) is 2.79. The van der Waals surface area contributed by atoms with E-state index in [-0.39, 0.29) is 10.9 Å². The fourth-order valence-electron chi connectivity index (χ4n) is 1.69. The van der Waals surface area contributed by atoms with Crippen molar-refractivity contribution in [2.75, 3.05) is 6.54 Å². The molecule has 0 saturated carbocycles. The van der Waals surface area contributed by atoms with E-state index in [0.717, 1.165) is 5.82 Å². The zero-order valence-electron chi connectivity index (χ0n) is 11.0. The summed E-state index contributed by atoms with van der Waals surface area (Å²) in [4.78, 5) is 20.4. The molecule has 104 valence electrons. The van der Waals surface area contributed by atoms with Crippen LogP contribution in [0.5, 0.6) is 0 Å². The lowest BCUT2D eigenvalue weighted by Gasteiger charge is -2.05. The second-order valence-corrected chi connectivity index (χ2v) is 4.70. The van der Waals surface area contributed by atoms with Crippen LogP contribution in [-0.4, -0.2) is 32.0 Å². The summed E-state index contributed by atoms with van der Waals surface area (Å²) in [6, 6.07) is 3.29. The molecular formula is C13H15N5OS. The molecule has 7 heteroatoms. The number of carbonyl (C=O) groups excluding carboxylic acids is 1. The summed E-state index contributed by atoms with van der Waals surface area (Å²) in [7, 11) is 1.92. The van der Waals surface area contributed by atoms with Gasteiger partial charge in [0.05, 0.1) is 0 Å². The molecule has 0 fully saturated rings. The number of nitrogens with zero attached hydrogens (tertiary/aromatic N) is 3. The Morgan fingerprint density at radius 2 is 2.25 bits per heavy atom. The number of carbonyl (C=O) groups is 1. The number of hydrogen-bond donors (Lipinski definition) is 2. The van der Waals surface area contributed by atoms with Crippen LogP contribution in [0.1, 0.15) is 21.9 Å². The number of pyridine rings is 1. The molecule has 0 radical (unpaired) electrons. The summed E-state index contributed by atoms with van der Waals surface area (Å²) in [6.07, 6.45) is 5.76. The molecule has 0 unspecified atom stereocenters. The Kier molecular flexibility index (Phi) is 4.41. The first-order valence-corrected chi connectivity index (χ1v) is 6.49. The van der Waals surface area contributed by atoms with Gasteiger partial charge in [0.2, 0.25) is 0 Å². The number of imidazole rings is 1. The zero-order chi connectivity index (χ0) is 14.5. The van der Waals surface area contributed by atoms with Crippen molar-refractivity contribution in [2.45, 2.75) is 6.42 Å². The largest absolute Gasteiger partial charge is 0.389 e. The molecule has 3 N–H and O–H groups in total. The van der Waals surface area contributed by atoms with Crippen LogP contribution in [0.25, 0.3) is 0 Å². The Balaban J connectivity index is 1.88. The standard InChI is InChI=1S/C13H15N5OS/c1-18-7-6-15-11(18)4-5-16-13(19)10-3-2-9(8-17-10)12(14)20/h2-3,6-8H,4-5H2,1H3,(H2,14,20)(H,16,19). The first-order valence-electron chi connectivity index (χ1n) is 6.08. The van der Waals surface area contributed by atoms with Gasteiger partial charge in [0.25, 0.3) is 5.91 Å². The van der Waals surface area contributed by atoms with Crippen molar-refractivity contribution in [3.05, 3.63) is 47.8 Å². The Hall–Kier alpha value is -2.28. The second-order valence-electron chi connectivity index (χ2n) is 4.26. The Bertz CT molecular complexity index is 620. The van der Waals surface area contributed by atoms with Crippen molar-refractivity contribution in [3.63, 3.8) is 0 Å². The first kappa shape index (κ1) is 14.1. The predicted molar refractivity (Wildman–Crippen MR) is 79.4 cm³/mol. The number of aryl methyl sites for hydroxylation is 1. The molecule has 0 spiro atoms. The maximum absolute atomic E-state index is 11.9. The highest BCUT2D eigenvalue weighted by Gasteiger charge is 2.08. The lowest BCUT2D eigenvalue weighted by molar-refractivity contribution is 0.0949. The highest BCUT2D eigenvalue weighted by Crippen LogP contribution is 2.00. The summed E-state index contributed by atoms with van der Waals surface area (Å²) in [5.74, 6) is 0.691. The van der Waals surface area contributed by atoms with E-state index in [9.17, 15) is 4.79 Å². The molecular weight excluding hydrogens is 274 g/mol. The molecule has 2 aromatic rings. The van der Waals surface area contributed by atoms with E-state index >= 15 is 0 Å². The number of rotatable bonds is 5. The number of thiocarbonyl (C=S) groups is 1. The maximum atomic E-state index is 11.9. The maximum Gasteiger partial charge on any atom is 0.269 e. The van der Waals surface area contributed by atoms with E-state index in [1.165, 1.54) is 6.20 Å². The predicted octanol–water partition coefficient (Wildman–Crippen LogP) is 0.422. The van der Waals surface area contributed by atoms with Gasteiger partial charge in [0.15, 0.2) is 0 Å². The smallest absolute Gasteiger partial charge is 0.269 e. The molecule has 0 bridgehead atoms. The first-order chi connectivity index (χ1) is 9.58. The third-order valence-electron chi connectivity index (χ3n) is 2.84. The second kappa shape index (κ2) is 6.25. The minimum Gasteiger partial charge on any atom is -0.389 e. The van der Waals surface area contributed by atoms with Crippen LogP contribution in [-0.2, 0) is 13.5 Å². The molecule has 6 nitrogen and oxygen atoms in total. The Morgan fingerprint density at radius 3 is 2.80 bits per heavy atom. The van der Waals surface area contributed by atoms with E-state index in [2.05, 4.69) is 15.3 Å². The van der Waals surface area contributed by atoms with E-state index in [1.54, 1.807) is 18.3 Å². The van der Waals surface area contributed by atoms with Gasteiger partial charge < -0.3 is 15.6 Å². The lowest BCUT2D eigenvalue weighted by Crippen LogP contribution is -2.27. The molecule has 2 rings (SSSR count). The molecule has 0 saturated heterocycles. The quantitative estimate of drug-likeness (QED) is 0.779. The van der Waals surface area contributed by atoms with Crippen LogP contribution >= 0.6 is 12.2 Å². The average Bonchev–Trinajstić information content (AvgIpc) is 2.84. The molecule has 1 amide bonds. The number of nitrogens with two attached hydrogens (primary N) is 1. The third-order valence-corrected chi connectivity index (χ3v) is 3.07. The van der Waals surface area contributed by atoms with E-state index < -0.39 is 0 Å². The average molecular weight is 289 g/mol. The van der Waals surface area contributed by atoms with Gasteiger partial charge in [-0.25, -0.2) is 4.98 Å². The van der Waals surface area contributed by atoms with Crippen molar-refractivity contribution in [2.24, 2.45) is 12.8 Å². The van der Waals surface area contributed by atoms with Crippen molar-refractivity contribution < 1.29 is 4.79 Å². The van der Waals surface area contributed by atoms with Gasteiger partial charge in [-0.2, -0.15) is 0 Å². The Morgan fingerprint density at radius 1 is 1.45 bits per heavy atom. The van der Waals surface area contributed by atoms with Crippen LogP contribution < -0.4 is 11.1 Å². The zero-order valence-corrected chi connectivity index (χ0v) is 11.9. The molecule has 0 aromatic carbocycles. The monoisotopic (exact) mass is 289 g/mol. The van der Waals surface area contributed by atoms with Crippen molar-refractivity contribution in [3.8, 4) is 0 Å². The van der Waals surface area contributed by atoms with Crippen LogP contribution in [0.15, 0.2) is 30.7 Å². The number of nitrogens with one attached hydrogen (secondary N) is 1. The minimum atomic E-state index is -0.228. The molecule has 0 aliphatic heterocycles. The van der Waals surface area contributed by atoms with Gasteiger partial charge in [0, 0.05) is 44.2 Å². The topological polar surface area (TPSA) is 85.8 Å². The van der Waals surface area contributed by atoms with E-state index in [1.807, 2.05) is 17.8 Å². The third kappa shape index (κ3) is 3.39. The van der Waals surface area contributed by atoms with Crippen molar-refractivity contribution in [1.82, 2.24) is 19.9 Å². The number of amides is 1. The van der Waals surface area contributed by atoms with Crippen molar-refractivity contribution >= 4 is 23.1 Å². The molecule has 2 aromatic heterocycles. The molecule has 0 aliphatic carbocycles. The van der Waals surface area contributed by atoms with Gasteiger partial charge in [-0.3, -0.25) is 9.78 Å². The van der Waals surface area contributed by atoms with Gasteiger partial charge in [-0.15, -0.1) is 0 Å². The Labute approximate surface area is 122 Å². The lowest BCUT2D eigenvalue weighted by atomic mass is 10.2. The fourth-order valence-corrected chi connectivity index (χ4v) is 1.81. The highest BCUT2D eigenvalue weighted by atomic mass is 32.1. The summed E-state index contributed by atoms with van der Waals surface area (Å²) in [6.45, 7) is 0.502. The van der Waals surface area contributed by atoms with Crippen LogP contribution in [0, 0.1) is 0 Å². The summed E-state index contributed by atoms with van der Waals surface area (Å²) >= 11 is 4.83. The fraction of sp³-hybridized carbons (Fsp3) is 0.231. The molecule has 2 heterocycles. The number of aromatic nitrogens is 3. The van der Waals surface area contributed by atoms with Gasteiger partial charge >= 0.3 is 0 Å².